The monoisotopic (exact) mass is 230 g/mol. The Labute approximate surface area is 80.1 Å². The standard InChI is InChI=1S/C9H11BrS/c1-2-3-4-5-8-6-7-9(10)11-8/h2-3,6-7H,4-5H2,1H3/b3-2-. The van der Waals surface area contributed by atoms with Crippen LogP contribution in [0.4, 0.5) is 0 Å². The van der Waals surface area contributed by atoms with Gasteiger partial charge in [0, 0.05) is 4.88 Å². The molecular formula is C9H11BrS. The largest absolute Gasteiger partial charge is 0.133 e. The summed E-state index contributed by atoms with van der Waals surface area (Å²) in [6.45, 7) is 2.06. The molecular weight excluding hydrogens is 220 g/mol. The smallest absolute Gasteiger partial charge is 0.0701 e. The summed E-state index contributed by atoms with van der Waals surface area (Å²) in [6.07, 6.45) is 6.63. The summed E-state index contributed by atoms with van der Waals surface area (Å²) in [6, 6.07) is 4.29. The van der Waals surface area contributed by atoms with Crippen molar-refractivity contribution >= 4 is 27.3 Å². The van der Waals surface area contributed by atoms with Crippen LogP contribution in [0.3, 0.4) is 0 Å². The average molecular weight is 231 g/mol. The Balaban J connectivity index is 2.38. The summed E-state index contributed by atoms with van der Waals surface area (Å²) >= 11 is 5.26. The molecule has 0 nitrogen and oxygen atoms in total. The zero-order valence-corrected chi connectivity index (χ0v) is 8.91. The molecule has 0 aliphatic carbocycles. The molecule has 0 N–H and O–H groups in total. The Morgan fingerprint density at radius 1 is 1.55 bits per heavy atom. The number of rotatable bonds is 3. The lowest BCUT2D eigenvalue weighted by Crippen LogP contribution is -1.74. The number of hydrogen-bond acceptors (Lipinski definition) is 1. The number of halogens is 1. The van der Waals surface area contributed by atoms with E-state index >= 15 is 0 Å². The molecule has 0 unspecified atom stereocenters. The van der Waals surface area contributed by atoms with Crippen LogP contribution < -0.4 is 0 Å². The molecule has 1 aromatic rings. The van der Waals surface area contributed by atoms with E-state index in [1.54, 1.807) is 0 Å². The number of allylic oxidation sites excluding steroid dienone is 2. The van der Waals surface area contributed by atoms with Crippen molar-refractivity contribution in [1.82, 2.24) is 0 Å². The van der Waals surface area contributed by atoms with Crippen LogP contribution in [0.2, 0.25) is 0 Å². The van der Waals surface area contributed by atoms with Crippen molar-refractivity contribution in [3.63, 3.8) is 0 Å². The predicted molar refractivity (Wildman–Crippen MR) is 55.2 cm³/mol. The van der Waals surface area contributed by atoms with E-state index in [1.807, 2.05) is 11.3 Å². The predicted octanol–water partition coefficient (Wildman–Crippen LogP) is 4.02. The maximum absolute atomic E-state index is 3.44. The molecule has 0 atom stereocenters. The molecule has 0 aromatic carbocycles. The molecule has 0 aliphatic heterocycles. The van der Waals surface area contributed by atoms with Crippen molar-refractivity contribution in [2.45, 2.75) is 19.8 Å². The van der Waals surface area contributed by atoms with Gasteiger partial charge < -0.3 is 0 Å². The Kier molecular flexibility index (Phi) is 3.87. The van der Waals surface area contributed by atoms with Gasteiger partial charge in [0.15, 0.2) is 0 Å². The quantitative estimate of drug-likeness (QED) is 0.689. The van der Waals surface area contributed by atoms with Crippen molar-refractivity contribution in [2.24, 2.45) is 0 Å². The third kappa shape index (κ3) is 3.21. The van der Waals surface area contributed by atoms with Gasteiger partial charge in [-0.25, -0.2) is 0 Å². The average Bonchev–Trinajstić information content (AvgIpc) is 2.37. The molecule has 0 saturated carbocycles. The first-order valence-electron chi connectivity index (χ1n) is 3.68. The van der Waals surface area contributed by atoms with E-state index in [1.165, 1.54) is 15.1 Å². The van der Waals surface area contributed by atoms with Gasteiger partial charge in [0.2, 0.25) is 0 Å². The highest BCUT2D eigenvalue weighted by atomic mass is 79.9. The highest BCUT2D eigenvalue weighted by Crippen LogP contribution is 2.22. The lowest BCUT2D eigenvalue weighted by Gasteiger charge is -1.89. The summed E-state index contributed by atoms with van der Waals surface area (Å²) in [5.74, 6) is 0. The van der Waals surface area contributed by atoms with Crippen LogP contribution in [0.5, 0.6) is 0 Å². The van der Waals surface area contributed by atoms with Gasteiger partial charge >= 0.3 is 0 Å². The van der Waals surface area contributed by atoms with E-state index in [9.17, 15) is 0 Å². The number of aryl methyl sites for hydroxylation is 1. The Hall–Kier alpha value is -0.0800. The topological polar surface area (TPSA) is 0 Å². The van der Waals surface area contributed by atoms with Gasteiger partial charge in [0.05, 0.1) is 3.79 Å². The van der Waals surface area contributed by atoms with Gasteiger partial charge in [-0.05, 0) is 47.8 Å². The fourth-order valence-corrected chi connectivity index (χ4v) is 2.38. The van der Waals surface area contributed by atoms with Crippen LogP contribution in [0.1, 0.15) is 18.2 Å². The van der Waals surface area contributed by atoms with Gasteiger partial charge in [-0.3, -0.25) is 0 Å². The lowest BCUT2D eigenvalue weighted by molar-refractivity contribution is 1.02. The van der Waals surface area contributed by atoms with Gasteiger partial charge in [0.25, 0.3) is 0 Å². The first-order valence-corrected chi connectivity index (χ1v) is 5.29. The SMILES string of the molecule is C/C=C\CCc1ccc(Br)s1. The third-order valence-corrected chi connectivity index (χ3v) is 3.11. The van der Waals surface area contributed by atoms with E-state index in [4.69, 9.17) is 0 Å². The Morgan fingerprint density at radius 2 is 2.36 bits per heavy atom. The van der Waals surface area contributed by atoms with Gasteiger partial charge in [0.1, 0.15) is 0 Å². The first kappa shape index (κ1) is 9.01. The molecule has 1 aromatic heterocycles. The van der Waals surface area contributed by atoms with Gasteiger partial charge in [-0.2, -0.15) is 0 Å². The maximum Gasteiger partial charge on any atom is 0.0701 e. The second-order valence-electron chi connectivity index (χ2n) is 2.31. The van der Waals surface area contributed by atoms with Crippen LogP contribution in [-0.2, 0) is 6.42 Å². The van der Waals surface area contributed by atoms with E-state index < -0.39 is 0 Å². The summed E-state index contributed by atoms with van der Waals surface area (Å²) in [5, 5.41) is 0. The van der Waals surface area contributed by atoms with Crippen LogP contribution in [-0.4, -0.2) is 0 Å². The number of hydrogen-bond donors (Lipinski definition) is 0. The molecule has 0 aliphatic rings. The first-order chi connectivity index (χ1) is 5.33. The van der Waals surface area contributed by atoms with Crippen molar-refractivity contribution in [1.29, 1.82) is 0 Å². The molecule has 0 amide bonds. The van der Waals surface area contributed by atoms with Crippen molar-refractivity contribution < 1.29 is 0 Å². The summed E-state index contributed by atoms with van der Waals surface area (Å²) < 4.78 is 1.23. The zero-order valence-electron chi connectivity index (χ0n) is 6.51. The van der Waals surface area contributed by atoms with Gasteiger partial charge in [-0.1, -0.05) is 12.2 Å². The van der Waals surface area contributed by atoms with Crippen molar-refractivity contribution in [3.8, 4) is 0 Å². The molecule has 1 heterocycles. The third-order valence-electron chi connectivity index (χ3n) is 1.42. The fourth-order valence-electron chi connectivity index (χ4n) is 0.878. The minimum atomic E-state index is 1.16. The van der Waals surface area contributed by atoms with Crippen molar-refractivity contribution in [2.75, 3.05) is 0 Å². The highest BCUT2D eigenvalue weighted by molar-refractivity contribution is 9.11. The Morgan fingerprint density at radius 3 is 2.91 bits per heavy atom. The van der Waals surface area contributed by atoms with Crippen LogP contribution in [0.25, 0.3) is 0 Å². The van der Waals surface area contributed by atoms with Gasteiger partial charge in [-0.15, -0.1) is 11.3 Å². The Bertz CT molecular complexity index is 237. The second kappa shape index (κ2) is 4.73. The molecule has 2 heteroatoms. The molecule has 0 radical (unpaired) electrons. The minimum Gasteiger partial charge on any atom is -0.133 e. The fraction of sp³-hybridized carbons (Fsp3) is 0.333. The van der Waals surface area contributed by atoms with Crippen molar-refractivity contribution in [3.05, 3.63) is 32.9 Å². The van der Waals surface area contributed by atoms with E-state index in [-0.39, 0.29) is 0 Å². The summed E-state index contributed by atoms with van der Waals surface area (Å²) in [5.41, 5.74) is 0. The molecule has 0 bridgehead atoms. The molecule has 0 saturated heterocycles. The molecule has 11 heavy (non-hydrogen) atoms. The minimum absolute atomic E-state index is 1.16. The summed E-state index contributed by atoms with van der Waals surface area (Å²) in [7, 11) is 0. The number of thiophene rings is 1. The second-order valence-corrected chi connectivity index (χ2v) is 4.86. The normalized spacial score (nSPS) is 11.1. The highest BCUT2D eigenvalue weighted by Gasteiger charge is 1.94. The lowest BCUT2D eigenvalue weighted by atomic mass is 10.2. The van der Waals surface area contributed by atoms with E-state index in [0.29, 0.717) is 0 Å². The van der Waals surface area contributed by atoms with Crippen LogP contribution in [0.15, 0.2) is 28.1 Å². The van der Waals surface area contributed by atoms with Crippen LogP contribution in [0, 0.1) is 0 Å². The van der Waals surface area contributed by atoms with E-state index in [0.717, 1.165) is 6.42 Å². The maximum atomic E-state index is 3.44. The molecule has 1 rings (SSSR count). The molecule has 60 valence electrons. The molecule has 0 fully saturated rings. The summed E-state index contributed by atoms with van der Waals surface area (Å²) in [4.78, 5) is 1.45. The molecule has 0 spiro atoms. The van der Waals surface area contributed by atoms with E-state index in [2.05, 4.69) is 47.1 Å². The van der Waals surface area contributed by atoms with Crippen LogP contribution >= 0.6 is 27.3 Å². The zero-order chi connectivity index (χ0) is 8.10.